The van der Waals surface area contributed by atoms with E-state index >= 15 is 0 Å². The van der Waals surface area contributed by atoms with Crippen molar-refractivity contribution in [2.75, 3.05) is 19.7 Å². The summed E-state index contributed by atoms with van der Waals surface area (Å²) < 4.78 is 4.88. The van der Waals surface area contributed by atoms with Crippen LogP contribution in [0.2, 0.25) is 0 Å². The Hall–Kier alpha value is -2.04. The van der Waals surface area contributed by atoms with E-state index in [1.807, 2.05) is 31.2 Å². The number of ether oxygens (including phenoxy) is 1. The van der Waals surface area contributed by atoms with E-state index in [0.29, 0.717) is 18.7 Å². The fourth-order valence-corrected chi connectivity index (χ4v) is 2.50. The number of alkyl carbamates (subject to hydrolysis) is 1. The van der Waals surface area contributed by atoms with Crippen molar-refractivity contribution in [2.24, 2.45) is 0 Å². The first-order chi connectivity index (χ1) is 10.1. The number of hydrogen-bond acceptors (Lipinski definition) is 3. The molecule has 1 saturated heterocycles. The van der Waals surface area contributed by atoms with E-state index in [2.05, 4.69) is 5.32 Å². The van der Waals surface area contributed by atoms with Crippen molar-refractivity contribution in [1.29, 1.82) is 0 Å². The summed E-state index contributed by atoms with van der Waals surface area (Å²) in [6, 6.07) is 7.53. The summed E-state index contributed by atoms with van der Waals surface area (Å²) >= 11 is 0. The van der Waals surface area contributed by atoms with Crippen molar-refractivity contribution in [3.8, 4) is 0 Å². The zero-order valence-electron chi connectivity index (χ0n) is 12.6. The summed E-state index contributed by atoms with van der Waals surface area (Å²) in [4.78, 5) is 25.7. The molecule has 114 valence electrons. The number of nitrogens with one attached hydrogen (secondary N) is 1. The number of rotatable bonds is 3. The number of aryl methyl sites for hydroxylation is 1. The van der Waals surface area contributed by atoms with Crippen molar-refractivity contribution in [2.45, 2.75) is 32.7 Å². The maximum atomic E-state index is 12.5. The normalized spacial score (nSPS) is 18.2. The molecule has 1 atom stereocenters. The number of benzene rings is 1. The van der Waals surface area contributed by atoms with Crippen LogP contribution in [0.15, 0.2) is 24.3 Å². The second-order valence-corrected chi connectivity index (χ2v) is 5.32. The molecule has 2 amide bonds. The van der Waals surface area contributed by atoms with E-state index in [1.165, 1.54) is 0 Å². The molecule has 1 N–H and O–H groups in total. The van der Waals surface area contributed by atoms with Crippen LogP contribution in [0.5, 0.6) is 0 Å². The summed E-state index contributed by atoms with van der Waals surface area (Å²) in [5.74, 6) is 0.0189. The van der Waals surface area contributed by atoms with Gasteiger partial charge in [-0.1, -0.05) is 17.7 Å². The van der Waals surface area contributed by atoms with Crippen LogP contribution in [-0.4, -0.2) is 42.6 Å². The molecule has 0 bridgehead atoms. The fourth-order valence-electron chi connectivity index (χ4n) is 2.50. The standard InChI is InChI=1S/C16H22N2O3/c1-3-21-16(20)17-14-5-4-10-18(11-14)15(19)13-8-6-12(2)7-9-13/h6-9,14H,3-5,10-11H2,1-2H3,(H,17,20). The van der Waals surface area contributed by atoms with Crippen LogP contribution in [0.1, 0.15) is 35.7 Å². The molecule has 2 rings (SSSR count). The number of amides is 2. The number of likely N-dealkylation sites (tertiary alicyclic amines) is 1. The second kappa shape index (κ2) is 7.11. The molecule has 1 heterocycles. The van der Waals surface area contributed by atoms with E-state index in [9.17, 15) is 9.59 Å². The van der Waals surface area contributed by atoms with Crippen molar-refractivity contribution >= 4 is 12.0 Å². The second-order valence-electron chi connectivity index (χ2n) is 5.32. The topological polar surface area (TPSA) is 58.6 Å². The lowest BCUT2D eigenvalue weighted by Crippen LogP contribution is -2.49. The van der Waals surface area contributed by atoms with Gasteiger partial charge in [0.25, 0.3) is 5.91 Å². The number of hydrogen-bond donors (Lipinski definition) is 1. The van der Waals surface area contributed by atoms with Crippen LogP contribution in [0.25, 0.3) is 0 Å². The van der Waals surface area contributed by atoms with Gasteiger partial charge in [-0.15, -0.1) is 0 Å². The van der Waals surface area contributed by atoms with Gasteiger partial charge in [0.2, 0.25) is 0 Å². The van der Waals surface area contributed by atoms with E-state index in [-0.39, 0.29) is 11.9 Å². The first kappa shape index (κ1) is 15.4. The molecule has 1 unspecified atom stereocenters. The number of carbonyl (C=O) groups is 2. The van der Waals surface area contributed by atoms with Crippen LogP contribution in [-0.2, 0) is 4.74 Å². The molecular formula is C16H22N2O3. The van der Waals surface area contributed by atoms with E-state index in [1.54, 1.807) is 11.8 Å². The monoisotopic (exact) mass is 290 g/mol. The Balaban J connectivity index is 1.95. The minimum Gasteiger partial charge on any atom is -0.450 e. The van der Waals surface area contributed by atoms with Crippen LogP contribution in [0.3, 0.4) is 0 Å². The summed E-state index contributed by atoms with van der Waals surface area (Å²) in [6.07, 6.45) is 1.35. The number of piperidine rings is 1. The Labute approximate surface area is 125 Å². The van der Waals surface area contributed by atoms with Gasteiger partial charge < -0.3 is 15.0 Å². The molecule has 1 aromatic carbocycles. The molecule has 5 nitrogen and oxygen atoms in total. The first-order valence-electron chi connectivity index (χ1n) is 7.39. The molecule has 0 aliphatic carbocycles. The molecule has 0 radical (unpaired) electrons. The van der Waals surface area contributed by atoms with E-state index < -0.39 is 6.09 Å². The van der Waals surface area contributed by atoms with Crippen molar-refractivity contribution in [3.63, 3.8) is 0 Å². The van der Waals surface area contributed by atoms with Crippen LogP contribution < -0.4 is 5.32 Å². The van der Waals surface area contributed by atoms with Crippen LogP contribution in [0.4, 0.5) is 4.79 Å². The summed E-state index contributed by atoms with van der Waals surface area (Å²) in [7, 11) is 0. The van der Waals surface area contributed by atoms with Gasteiger partial charge in [-0.3, -0.25) is 4.79 Å². The zero-order chi connectivity index (χ0) is 15.2. The van der Waals surface area contributed by atoms with Crippen LogP contribution in [0, 0.1) is 6.92 Å². The third-order valence-electron chi connectivity index (χ3n) is 3.60. The average molecular weight is 290 g/mol. The Bertz CT molecular complexity index is 499. The maximum absolute atomic E-state index is 12.5. The molecule has 0 saturated carbocycles. The summed E-state index contributed by atoms with van der Waals surface area (Å²) in [6.45, 7) is 5.38. The lowest BCUT2D eigenvalue weighted by molar-refractivity contribution is 0.0686. The highest BCUT2D eigenvalue weighted by Crippen LogP contribution is 2.14. The Morgan fingerprint density at radius 2 is 2.05 bits per heavy atom. The highest BCUT2D eigenvalue weighted by Gasteiger charge is 2.25. The smallest absolute Gasteiger partial charge is 0.407 e. The van der Waals surface area contributed by atoms with Gasteiger partial charge in [0, 0.05) is 24.7 Å². The highest BCUT2D eigenvalue weighted by molar-refractivity contribution is 5.94. The van der Waals surface area contributed by atoms with E-state index in [0.717, 1.165) is 24.9 Å². The SMILES string of the molecule is CCOC(=O)NC1CCCN(C(=O)c2ccc(C)cc2)C1. The van der Waals surface area contributed by atoms with E-state index in [4.69, 9.17) is 4.74 Å². The minimum atomic E-state index is -0.410. The number of carbonyl (C=O) groups excluding carboxylic acids is 2. The zero-order valence-corrected chi connectivity index (χ0v) is 12.6. The molecule has 21 heavy (non-hydrogen) atoms. The quantitative estimate of drug-likeness (QED) is 0.929. The first-order valence-corrected chi connectivity index (χ1v) is 7.39. The Morgan fingerprint density at radius 3 is 2.71 bits per heavy atom. The fraction of sp³-hybridized carbons (Fsp3) is 0.500. The predicted molar refractivity (Wildman–Crippen MR) is 80.3 cm³/mol. The molecule has 1 aliphatic heterocycles. The Kier molecular flexibility index (Phi) is 5.20. The molecule has 1 aliphatic rings. The third-order valence-corrected chi connectivity index (χ3v) is 3.60. The van der Waals surface area contributed by atoms with Gasteiger partial charge in [-0.25, -0.2) is 4.79 Å². The lowest BCUT2D eigenvalue weighted by Gasteiger charge is -2.33. The average Bonchev–Trinajstić information content (AvgIpc) is 2.48. The molecular weight excluding hydrogens is 268 g/mol. The predicted octanol–water partition coefficient (Wildman–Crippen LogP) is 2.35. The van der Waals surface area contributed by atoms with Gasteiger partial charge >= 0.3 is 6.09 Å². The maximum Gasteiger partial charge on any atom is 0.407 e. The summed E-state index contributed by atoms with van der Waals surface area (Å²) in [5, 5.41) is 2.81. The molecule has 1 aromatic rings. The van der Waals surface area contributed by atoms with Crippen molar-refractivity contribution < 1.29 is 14.3 Å². The van der Waals surface area contributed by atoms with Gasteiger partial charge in [-0.2, -0.15) is 0 Å². The van der Waals surface area contributed by atoms with Crippen molar-refractivity contribution in [3.05, 3.63) is 35.4 Å². The highest BCUT2D eigenvalue weighted by atomic mass is 16.5. The van der Waals surface area contributed by atoms with Gasteiger partial charge in [-0.05, 0) is 38.8 Å². The number of nitrogens with zero attached hydrogens (tertiary/aromatic N) is 1. The molecule has 0 spiro atoms. The van der Waals surface area contributed by atoms with Gasteiger partial charge in [0.1, 0.15) is 0 Å². The van der Waals surface area contributed by atoms with Crippen molar-refractivity contribution in [1.82, 2.24) is 10.2 Å². The van der Waals surface area contributed by atoms with Gasteiger partial charge in [0.15, 0.2) is 0 Å². The largest absolute Gasteiger partial charge is 0.450 e. The molecule has 5 heteroatoms. The van der Waals surface area contributed by atoms with Crippen LogP contribution >= 0.6 is 0 Å². The third kappa shape index (κ3) is 4.21. The molecule has 0 aromatic heterocycles. The lowest BCUT2D eigenvalue weighted by atomic mass is 10.0. The molecule has 1 fully saturated rings. The van der Waals surface area contributed by atoms with Gasteiger partial charge in [0.05, 0.1) is 6.61 Å². The minimum absolute atomic E-state index is 0.0189. The summed E-state index contributed by atoms with van der Waals surface area (Å²) in [5.41, 5.74) is 1.82. The Morgan fingerprint density at radius 1 is 1.33 bits per heavy atom.